The van der Waals surface area contributed by atoms with Crippen LogP contribution in [0, 0.1) is 5.92 Å². The summed E-state index contributed by atoms with van der Waals surface area (Å²) in [6.45, 7) is 1.63. The van der Waals surface area contributed by atoms with Crippen molar-refractivity contribution in [1.82, 2.24) is 4.57 Å². The van der Waals surface area contributed by atoms with Crippen molar-refractivity contribution in [3.8, 4) is 0 Å². The van der Waals surface area contributed by atoms with E-state index in [9.17, 15) is 13.2 Å². The minimum atomic E-state index is -3.42. The topological polar surface area (TPSA) is 68.2 Å². The summed E-state index contributed by atoms with van der Waals surface area (Å²) in [5.41, 5.74) is 1.34. The maximum absolute atomic E-state index is 13.2. The molecule has 1 saturated carbocycles. The molecule has 1 heterocycles. The molecule has 0 spiro atoms. The van der Waals surface area contributed by atoms with Gasteiger partial charge in [0.1, 0.15) is 5.54 Å². The van der Waals surface area contributed by atoms with Crippen LogP contribution in [0.2, 0.25) is 5.02 Å². The second-order valence-corrected chi connectivity index (χ2v) is 10.1. The highest BCUT2D eigenvalue weighted by Crippen LogP contribution is 2.45. The Morgan fingerprint density at radius 1 is 1.17 bits per heavy atom. The molecule has 0 radical (unpaired) electrons. The highest BCUT2D eigenvalue weighted by Gasteiger charge is 2.44. The van der Waals surface area contributed by atoms with Crippen LogP contribution < -0.4 is 4.72 Å². The molecule has 1 atom stereocenters. The molecule has 0 bridgehead atoms. The molecule has 1 aromatic heterocycles. The predicted octanol–water partition coefficient (Wildman–Crippen LogP) is 4.80. The maximum Gasteiger partial charge on any atom is 0.229 e. The van der Waals surface area contributed by atoms with E-state index in [4.69, 9.17) is 11.6 Å². The lowest BCUT2D eigenvalue weighted by Gasteiger charge is -2.35. The van der Waals surface area contributed by atoms with Gasteiger partial charge in [-0.15, -0.1) is 0 Å². The van der Waals surface area contributed by atoms with Crippen molar-refractivity contribution in [2.24, 2.45) is 5.92 Å². The second kappa shape index (κ2) is 7.18. The summed E-state index contributed by atoms with van der Waals surface area (Å²) in [5.74, 6) is 0.537. The molecule has 152 valence electrons. The number of sulfonamides is 1. The molecule has 2 aromatic carbocycles. The zero-order chi connectivity index (χ0) is 20.8. The smallest absolute Gasteiger partial charge is 0.229 e. The molecule has 3 aromatic rings. The van der Waals surface area contributed by atoms with E-state index in [1.165, 1.54) is 0 Å². The van der Waals surface area contributed by atoms with Crippen molar-refractivity contribution in [3.05, 3.63) is 65.3 Å². The third-order valence-corrected chi connectivity index (χ3v) is 6.47. The van der Waals surface area contributed by atoms with E-state index >= 15 is 0 Å². The molecule has 7 heteroatoms. The first kappa shape index (κ1) is 20.0. The zero-order valence-corrected chi connectivity index (χ0v) is 17.9. The molecular formula is C22H23ClN2O3S. The Hall–Kier alpha value is -2.31. The van der Waals surface area contributed by atoms with E-state index < -0.39 is 15.6 Å². The summed E-state index contributed by atoms with van der Waals surface area (Å²) < 4.78 is 28.1. The first-order valence-corrected chi connectivity index (χ1v) is 11.8. The number of aromatic nitrogens is 1. The molecule has 1 aliphatic carbocycles. The molecule has 0 aliphatic heterocycles. The van der Waals surface area contributed by atoms with Gasteiger partial charge in [-0.1, -0.05) is 42.6 Å². The first-order chi connectivity index (χ1) is 13.7. The van der Waals surface area contributed by atoms with Crippen LogP contribution in [0.15, 0.2) is 54.7 Å². The number of nitrogens with one attached hydrogen (secondary N) is 1. The zero-order valence-electron chi connectivity index (χ0n) is 16.4. The Morgan fingerprint density at radius 2 is 1.86 bits per heavy atom. The monoisotopic (exact) mass is 430 g/mol. The molecule has 1 N–H and O–H groups in total. The number of hydrogen-bond acceptors (Lipinski definition) is 3. The summed E-state index contributed by atoms with van der Waals surface area (Å²) in [6.07, 6.45) is 5.95. The summed E-state index contributed by atoms with van der Waals surface area (Å²) in [4.78, 5) is 13.2. The van der Waals surface area contributed by atoms with Crippen LogP contribution in [0.25, 0.3) is 10.9 Å². The van der Waals surface area contributed by atoms with Gasteiger partial charge in [-0.2, -0.15) is 0 Å². The molecule has 1 aliphatic rings. The average molecular weight is 431 g/mol. The van der Waals surface area contributed by atoms with Crippen LogP contribution in [0.4, 0.5) is 5.69 Å². The van der Waals surface area contributed by atoms with Crippen molar-refractivity contribution in [3.63, 3.8) is 0 Å². The number of benzene rings is 2. The van der Waals surface area contributed by atoms with Gasteiger partial charge in [0.2, 0.25) is 10.0 Å². The van der Waals surface area contributed by atoms with E-state index in [0.717, 1.165) is 35.6 Å². The fourth-order valence-corrected chi connectivity index (χ4v) is 4.83. The number of anilines is 1. The van der Waals surface area contributed by atoms with Crippen molar-refractivity contribution in [2.45, 2.75) is 31.7 Å². The van der Waals surface area contributed by atoms with Crippen LogP contribution in [0.3, 0.4) is 0 Å². The summed E-state index contributed by atoms with van der Waals surface area (Å²) >= 11 is 6.10. The molecule has 4 rings (SSSR count). The SMILES string of the molecule is CC(=O)C(CC1CC1)(c1ccc(Cl)cc1)n1ccc2c(NS(C)(=O)=O)cccc21. The van der Waals surface area contributed by atoms with Crippen molar-refractivity contribution < 1.29 is 13.2 Å². The van der Waals surface area contributed by atoms with E-state index in [2.05, 4.69) is 4.72 Å². The number of carbonyl (C=O) groups is 1. The van der Waals surface area contributed by atoms with E-state index in [1.54, 1.807) is 19.1 Å². The number of ketones is 1. The standard InChI is InChI=1S/C22H23ClN2O3S/c1-15(26)22(14-16-6-7-16,17-8-10-18(23)11-9-17)25-13-12-19-20(24-29(2,27)28)4-3-5-21(19)25/h3-5,8-13,16,24H,6-7,14H2,1-2H3. The van der Waals surface area contributed by atoms with Gasteiger partial charge in [0.25, 0.3) is 0 Å². The van der Waals surface area contributed by atoms with Crippen LogP contribution in [0.1, 0.15) is 31.7 Å². The van der Waals surface area contributed by atoms with Crippen molar-refractivity contribution in [2.75, 3.05) is 11.0 Å². The minimum Gasteiger partial charge on any atom is -0.330 e. The van der Waals surface area contributed by atoms with Gasteiger partial charge in [-0.05, 0) is 55.2 Å². The van der Waals surface area contributed by atoms with Crippen molar-refractivity contribution in [1.29, 1.82) is 0 Å². The van der Waals surface area contributed by atoms with Crippen LogP contribution in [-0.4, -0.2) is 25.0 Å². The lowest BCUT2D eigenvalue weighted by atomic mass is 9.81. The Balaban J connectivity index is 1.95. The number of fused-ring (bicyclic) bond motifs is 1. The highest BCUT2D eigenvalue weighted by molar-refractivity contribution is 7.92. The molecule has 0 saturated heterocycles. The Labute approximate surface area is 175 Å². The summed E-state index contributed by atoms with van der Waals surface area (Å²) in [5, 5.41) is 1.38. The molecule has 29 heavy (non-hydrogen) atoms. The van der Waals surface area contributed by atoms with Gasteiger partial charge in [0.15, 0.2) is 5.78 Å². The number of rotatable bonds is 7. The largest absolute Gasteiger partial charge is 0.330 e. The van der Waals surface area contributed by atoms with Crippen LogP contribution in [-0.2, 0) is 20.4 Å². The van der Waals surface area contributed by atoms with E-state index in [0.29, 0.717) is 23.0 Å². The fourth-order valence-electron chi connectivity index (χ4n) is 4.13. The van der Waals surface area contributed by atoms with Gasteiger partial charge >= 0.3 is 0 Å². The average Bonchev–Trinajstić information content (AvgIpc) is 3.35. The van der Waals surface area contributed by atoms with Gasteiger partial charge in [0, 0.05) is 16.6 Å². The Bertz CT molecular complexity index is 1180. The third kappa shape index (κ3) is 3.79. The van der Waals surface area contributed by atoms with Crippen molar-refractivity contribution >= 4 is 44.0 Å². The summed E-state index contributed by atoms with van der Waals surface area (Å²) in [7, 11) is -3.42. The second-order valence-electron chi connectivity index (χ2n) is 7.87. The van der Waals surface area contributed by atoms with Crippen LogP contribution in [0.5, 0.6) is 0 Å². The Morgan fingerprint density at radius 3 is 2.45 bits per heavy atom. The van der Waals surface area contributed by atoms with Gasteiger partial charge in [-0.25, -0.2) is 8.42 Å². The molecular weight excluding hydrogens is 408 g/mol. The number of hydrogen-bond donors (Lipinski definition) is 1. The highest BCUT2D eigenvalue weighted by atomic mass is 35.5. The fraction of sp³-hybridized carbons (Fsp3) is 0.318. The first-order valence-electron chi connectivity index (χ1n) is 9.56. The lowest BCUT2D eigenvalue weighted by Crippen LogP contribution is -2.42. The minimum absolute atomic E-state index is 0.0469. The molecule has 1 unspecified atom stereocenters. The maximum atomic E-state index is 13.2. The van der Waals surface area contributed by atoms with Gasteiger partial charge in [0.05, 0.1) is 17.5 Å². The van der Waals surface area contributed by atoms with E-state index in [-0.39, 0.29) is 5.78 Å². The van der Waals surface area contributed by atoms with Gasteiger partial charge in [-0.3, -0.25) is 9.52 Å². The van der Waals surface area contributed by atoms with E-state index in [1.807, 2.05) is 47.2 Å². The molecule has 5 nitrogen and oxygen atoms in total. The quantitative estimate of drug-likeness (QED) is 0.585. The number of halogens is 1. The number of carbonyl (C=O) groups excluding carboxylic acids is 1. The normalized spacial score (nSPS) is 16.5. The predicted molar refractivity (Wildman–Crippen MR) is 117 cm³/mol. The Kier molecular flexibility index (Phi) is 4.95. The third-order valence-electron chi connectivity index (χ3n) is 5.62. The van der Waals surface area contributed by atoms with Gasteiger partial charge < -0.3 is 4.57 Å². The lowest BCUT2D eigenvalue weighted by molar-refractivity contribution is -0.124. The summed E-state index contributed by atoms with van der Waals surface area (Å²) in [6, 6.07) is 14.8. The number of Topliss-reactive ketones (excluding diaryl/α,β-unsaturated/α-hetero) is 1. The number of nitrogens with zero attached hydrogens (tertiary/aromatic N) is 1. The van der Waals surface area contributed by atoms with Crippen LogP contribution >= 0.6 is 11.6 Å². The molecule has 0 amide bonds. The molecule has 1 fully saturated rings.